The van der Waals surface area contributed by atoms with E-state index in [1.54, 1.807) is 6.20 Å². The zero-order valence-corrected chi connectivity index (χ0v) is 13.0. The number of imidazole rings is 1. The van der Waals surface area contributed by atoms with Crippen LogP contribution in [-0.4, -0.2) is 40.5 Å². The molecular formula is C17H21N3O2. The summed E-state index contributed by atoms with van der Waals surface area (Å²) in [6.45, 7) is 5.67. The average molecular weight is 299 g/mol. The molecule has 1 atom stereocenters. The molecule has 1 aliphatic heterocycles. The van der Waals surface area contributed by atoms with Crippen LogP contribution in [0.2, 0.25) is 0 Å². The van der Waals surface area contributed by atoms with E-state index in [1.807, 2.05) is 43.0 Å². The number of carbonyl (C=O) groups is 1. The average Bonchev–Trinajstić information content (AvgIpc) is 2.96. The molecule has 1 N–H and O–H groups in total. The lowest BCUT2D eigenvalue weighted by Crippen LogP contribution is -2.44. The maximum atomic E-state index is 12.7. The maximum absolute atomic E-state index is 12.7. The minimum atomic E-state index is -0.126. The Bertz CT molecular complexity index is 665. The number of aromatic nitrogens is 2. The van der Waals surface area contributed by atoms with Crippen LogP contribution in [0.1, 0.15) is 28.7 Å². The molecule has 3 rings (SSSR count). The number of aromatic amines is 1. The van der Waals surface area contributed by atoms with E-state index >= 15 is 0 Å². The second kappa shape index (κ2) is 6.32. The number of aryl methyl sites for hydroxylation is 2. The van der Waals surface area contributed by atoms with Gasteiger partial charge in [0.2, 0.25) is 5.91 Å². The summed E-state index contributed by atoms with van der Waals surface area (Å²) in [5.74, 6) is 0.923. The van der Waals surface area contributed by atoms with Crippen LogP contribution in [0, 0.1) is 13.8 Å². The summed E-state index contributed by atoms with van der Waals surface area (Å²) in [4.78, 5) is 22.2. The Morgan fingerprint density at radius 1 is 1.41 bits per heavy atom. The largest absolute Gasteiger partial charge is 0.377 e. The van der Waals surface area contributed by atoms with Gasteiger partial charge in [0.15, 0.2) is 0 Å². The van der Waals surface area contributed by atoms with Crippen molar-refractivity contribution in [1.29, 1.82) is 0 Å². The topological polar surface area (TPSA) is 58.2 Å². The van der Waals surface area contributed by atoms with Crippen molar-refractivity contribution in [3.63, 3.8) is 0 Å². The molecule has 5 heteroatoms. The first kappa shape index (κ1) is 14.8. The van der Waals surface area contributed by atoms with Gasteiger partial charge in [-0.3, -0.25) is 4.79 Å². The summed E-state index contributed by atoms with van der Waals surface area (Å²) in [5, 5.41) is 0. The molecule has 0 aliphatic carbocycles. The molecule has 1 aliphatic rings. The Morgan fingerprint density at radius 2 is 2.23 bits per heavy atom. The number of amides is 1. The molecule has 1 fully saturated rings. The van der Waals surface area contributed by atoms with Crippen molar-refractivity contribution in [3.8, 4) is 0 Å². The first-order valence-corrected chi connectivity index (χ1v) is 7.58. The van der Waals surface area contributed by atoms with Gasteiger partial charge in [0.1, 0.15) is 11.9 Å². The quantitative estimate of drug-likeness (QED) is 0.945. The molecule has 1 aromatic carbocycles. The van der Waals surface area contributed by atoms with Crippen LogP contribution < -0.4 is 0 Å². The second-order valence-electron chi connectivity index (χ2n) is 5.73. The summed E-state index contributed by atoms with van der Waals surface area (Å²) >= 11 is 0. The third kappa shape index (κ3) is 3.04. The Balaban J connectivity index is 1.78. The lowest BCUT2D eigenvalue weighted by molar-refractivity contribution is -0.139. The number of hydrogen-bond acceptors (Lipinski definition) is 3. The van der Waals surface area contributed by atoms with E-state index in [-0.39, 0.29) is 11.9 Å². The summed E-state index contributed by atoms with van der Waals surface area (Å²) in [5.41, 5.74) is 3.22. The molecule has 22 heavy (non-hydrogen) atoms. The number of rotatable bonds is 3. The summed E-state index contributed by atoms with van der Waals surface area (Å²) in [6, 6.07) is 7.89. The molecule has 2 heterocycles. The number of nitrogens with one attached hydrogen (secondary N) is 1. The van der Waals surface area contributed by atoms with E-state index in [4.69, 9.17) is 4.74 Å². The standard InChI is InChI=1S/C17H21N3O2/c1-12-5-3-4-6-14(12)9-16(21)20-7-8-22-11-15(20)17-18-10-13(2)19-17/h3-6,10,15H,7-9,11H2,1-2H3,(H,18,19). The Labute approximate surface area is 130 Å². The lowest BCUT2D eigenvalue weighted by atomic mass is 10.0. The van der Waals surface area contributed by atoms with Gasteiger partial charge in [0.05, 0.1) is 19.6 Å². The second-order valence-corrected chi connectivity index (χ2v) is 5.73. The number of morpholine rings is 1. The van der Waals surface area contributed by atoms with Gasteiger partial charge in [-0.05, 0) is 25.0 Å². The molecule has 0 saturated carbocycles. The minimum Gasteiger partial charge on any atom is -0.377 e. The van der Waals surface area contributed by atoms with E-state index in [0.717, 1.165) is 22.6 Å². The Hall–Kier alpha value is -2.14. The minimum absolute atomic E-state index is 0.122. The third-order valence-corrected chi connectivity index (χ3v) is 4.09. The van der Waals surface area contributed by atoms with Crippen molar-refractivity contribution < 1.29 is 9.53 Å². The Kier molecular flexibility index (Phi) is 4.24. The molecule has 1 amide bonds. The van der Waals surface area contributed by atoms with Crippen molar-refractivity contribution in [3.05, 3.63) is 53.1 Å². The SMILES string of the molecule is Cc1cnc(C2COCCN2C(=O)Cc2ccccc2C)[nH]1. The summed E-state index contributed by atoms with van der Waals surface area (Å²) in [6.07, 6.45) is 2.21. The molecular weight excluding hydrogens is 278 g/mol. The molecule has 0 spiro atoms. The fourth-order valence-electron chi connectivity index (χ4n) is 2.80. The van der Waals surface area contributed by atoms with E-state index in [9.17, 15) is 4.79 Å². The van der Waals surface area contributed by atoms with Gasteiger partial charge in [0.25, 0.3) is 0 Å². The van der Waals surface area contributed by atoms with Crippen LogP contribution in [0.3, 0.4) is 0 Å². The summed E-state index contributed by atoms with van der Waals surface area (Å²) in [7, 11) is 0. The van der Waals surface area contributed by atoms with Crippen molar-refractivity contribution in [1.82, 2.24) is 14.9 Å². The van der Waals surface area contributed by atoms with Gasteiger partial charge in [-0.15, -0.1) is 0 Å². The monoisotopic (exact) mass is 299 g/mol. The number of hydrogen-bond donors (Lipinski definition) is 1. The highest BCUT2D eigenvalue weighted by atomic mass is 16.5. The maximum Gasteiger partial charge on any atom is 0.227 e. The van der Waals surface area contributed by atoms with Crippen LogP contribution in [0.4, 0.5) is 0 Å². The van der Waals surface area contributed by atoms with Gasteiger partial charge in [0, 0.05) is 18.4 Å². The molecule has 1 aromatic heterocycles. The zero-order chi connectivity index (χ0) is 15.5. The molecule has 5 nitrogen and oxygen atoms in total. The predicted octanol–water partition coefficient (Wildman–Crippen LogP) is 2.17. The van der Waals surface area contributed by atoms with Gasteiger partial charge in [-0.2, -0.15) is 0 Å². The van der Waals surface area contributed by atoms with E-state index < -0.39 is 0 Å². The fourth-order valence-corrected chi connectivity index (χ4v) is 2.80. The van der Waals surface area contributed by atoms with Gasteiger partial charge in [-0.25, -0.2) is 4.98 Å². The third-order valence-electron chi connectivity index (χ3n) is 4.09. The molecule has 1 unspecified atom stereocenters. The van der Waals surface area contributed by atoms with Crippen molar-refractivity contribution >= 4 is 5.91 Å². The smallest absolute Gasteiger partial charge is 0.227 e. The number of carbonyl (C=O) groups excluding carboxylic acids is 1. The van der Waals surface area contributed by atoms with Crippen molar-refractivity contribution in [2.24, 2.45) is 0 Å². The van der Waals surface area contributed by atoms with Gasteiger partial charge < -0.3 is 14.6 Å². The van der Waals surface area contributed by atoms with Crippen LogP contribution in [0.5, 0.6) is 0 Å². The molecule has 0 bridgehead atoms. The first-order chi connectivity index (χ1) is 10.6. The van der Waals surface area contributed by atoms with Crippen LogP contribution >= 0.6 is 0 Å². The van der Waals surface area contributed by atoms with Crippen LogP contribution in [-0.2, 0) is 16.0 Å². The molecule has 2 aromatic rings. The highest BCUT2D eigenvalue weighted by Gasteiger charge is 2.30. The molecule has 1 saturated heterocycles. The highest BCUT2D eigenvalue weighted by molar-refractivity contribution is 5.79. The highest BCUT2D eigenvalue weighted by Crippen LogP contribution is 2.23. The first-order valence-electron chi connectivity index (χ1n) is 7.58. The van der Waals surface area contributed by atoms with E-state index in [1.165, 1.54) is 0 Å². The lowest BCUT2D eigenvalue weighted by Gasteiger charge is -2.34. The van der Waals surface area contributed by atoms with Crippen LogP contribution in [0.15, 0.2) is 30.5 Å². The predicted molar refractivity (Wildman–Crippen MR) is 83.5 cm³/mol. The van der Waals surface area contributed by atoms with Crippen molar-refractivity contribution in [2.75, 3.05) is 19.8 Å². The number of nitrogens with zero attached hydrogens (tertiary/aromatic N) is 2. The number of H-pyrrole nitrogens is 1. The van der Waals surface area contributed by atoms with Crippen LogP contribution in [0.25, 0.3) is 0 Å². The van der Waals surface area contributed by atoms with Crippen molar-refractivity contribution in [2.45, 2.75) is 26.3 Å². The Morgan fingerprint density at radius 3 is 2.95 bits per heavy atom. The van der Waals surface area contributed by atoms with E-state index in [2.05, 4.69) is 9.97 Å². The van der Waals surface area contributed by atoms with Gasteiger partial charge in [-0.1, -0.05) is 24.3 Å². The number of ether oxygens (including phenoxy) is 1. The van der Waals surface area contributed by atoms with E-state index in [0.29, 0.717) is 26.2 Å². The fraction of sp³-hybridized carbons (Fsp3) is 0.412. The summed E-state index contributed by atoms with van der Waals surface area (Å²) < 4.78 is 5.55. The normalized spacial score (nSPS) is 18.5. The molecule has 0 radical (unpaired) electrons. The zero-order valence-electron chi connectivity index (χ0n) is 13.0. The number of benzene rings is 1. The molecule has 116 valence electrons. The van der Waals surface area contributed by atoms with Gasteiger partial charge >= 0.3 is 0 Å².